The summed E-state index contributed by atoms with van der Waals surface area (Å²) >= 11 is 1.68. The number of methoxy groups -OCH3 is 1. The molecule has 0 fully saturated rings. The first-order valence-corrected chi connectivity index (χ1v) is 8.03. The molecule has 2 aromatic rings. The van der Waals surface area contributed by atoms with E-state index in [0.717, 1.165) is 22.9 Å². The summed E-state index contributed by atoms with van der Waals surface area (Å²) in [6.45, 7) is 4.32. The van der Waals surface area contributed by atoms with Gasteiger partial charge in [-0.3, -0.25) is 5.32 Å². The first-order valence-electron chi connectivity index (χ1n) is 7.15. The van der Waals surface area contributed by atoms with E-state index in [-0.39, 0.29) is 11.5 Å². The zero-order chi connectivity index (χ0) is 14.7. The van der Waals surface area contributed by atoms with E-state index in [1.165, 1.54) is 0 Å². The summed E-state index contributed by atoms with van der Waals surface area (Å²) in [6.07, 6.45) is 1.87. The maximum atomic E-state index is 5.90. The zero-order valence-corrected chi connectivity index (χ0v) is 13.2. The molecule has 5 heteroatoms. The van der Waals surface area contributed by atoms with Gasteiger partial charge >= 0.3 is 0 Å². The molecule has 0 amide bonds. The van der Waals surface area contributed by atoms with Crippen molar-refractivity contribution in [2.45, 2.75) is 12.5 Å². The van der Waals surface area contributed by atoms with Crippen molar-refractivity contribution in [2.24, 2.45) is 5.92 Å². The fourth-order valence-electron chi connectivity index (χ4n) is 2.96. The molecule has 1 N–H and O–H groups in total. The van der Waals surface area contributed by atoms with Crippen LogP contribution in [0.1, 0.15) is 17.5 Å². The number of nitrogens with one attached hydrogen (secondary N) is 1. The van der Waals surface area contributed by atoms with E-state index >= 15 is 0 Å². The van der Waals surface area contributed by atoms with Crippen molar-refractivity contribution in [3.8, 4) is 5.75 Å². The third-order valence-electron chi connectivity index (χ3n) is 4.02. The first kappa shape index (κ1) is 14.5. The number of ether oxygens (including phenoxy) is 2. The predicted octanol–water partition coefficient (Wildman–Crippen LogP) is 2.65. The Bertz CT molecular complexity index is 588. The fourth-order valence-corrected chi connectivity index (χ4v) is 3.90. The van der Waals surface area contributed by atoms with Crippen molar-refractivity contribution in [2.75, 3.05) is 26.9 Å². The Kier molecular flexibility index (Phi) is 4.24. The van der Waals surface area contributed by atoms with Gasteiger partial charge in [-0.2, -0.15) is 0 Å². The van der Waals surface area contributed by atoms with Crippen LogP contribution in [-0.2, 0) is 10.3 Å². The van der Waals surface area contributed by atoms with E-state index in [9.17, 15) is 0 Å². The highest BCUT2D eigenvalue weighted by molar-refractivity contribution is 7.09. The van der Waals surface area contributed by atoms with Gasteiger partial charge in [-0.1, -0.05) is 25.1 Å². The van der Waals surface area contributed by atoms with Gasteiger partial charge in [-0.25, -0.2) is 4.98 Å². The number of rotatable bonds is 5. The monoisotopic (exact) mass is 304 g/mol. The highest BCUT2D eigenvalue weighted by atomic mass is 32.1. The number of hydrogen-bond acceptors (Lipinski definition) is 5. The number of aromatic nitrogens is 1. The third kappa shape index (κ3) is 2.46. The smallest absolute Gasteiger partial charge is 0.124 e. The van der Waals surface area contributed by atoms with E-state index in [1.54, 1.807) is 18.4 Å². The van der Waals surface area contributed by atoms with E-state index in [4.69, 9.17) is 9.47 Å². The van der Waals surface area contributed by atoms with E-state index in [1.807, 2.05) is 23.7 Å². The minimum Gasteiger partial charge on any atom is -0.493 e. The Hall–Kier alpha value is -1.43. The largest absolute Gasteiger partial charge is 0.493 e. The Labute approximate surface area is 129 Å². The maximum absolute atomic E-state index is 5.90. The molecule has 2 unspecified atom stereocenters. The minimum absolute atomic E-state index is 0.287. The summed E-state index contributed by atoms with van der Waals surface area (Å²) < 4.78 is 11.1. The van der Waals surface area contributed by atoms with Crippen LogP contribution in [0.4, 0.5) is 0 Å². The van der Waals surface area contributed by atoms with Gasteiger partial charge in [0.05, 0.1) is 13.2 Å². The van der Waals surface area contributed by atoms with Crippen LogP contribution in [0.25, 0.3) is 0 Å². The van der Waals surface area contributed by atoms with Crippen LogP contribution in [0.3, 0.4) is 0 Å². The standard InChI is InChI=1S/C16H20N2O2S/c1-12-11-20-14-6-4-3-5-13(14)16(12,18-7-9-19-2)15-17-8-10-21-15/h3-6,8,10,12,18H,7,9,11H2,1-2H3. The van der Waals surface area contributed by atoms with Gasteiger partial charge in [0.2, 0.25) is 0 Å². The van der Waals surface area contributed by atoms with Crippen LogP contribution in [-0.4, -0.2) is 31.9 Å². The molecule has 0 spiro atoms. The third-order valence-corrected chi connectivity index (χ3v) is 4.93. The second kappa shape index (κ2) is 6.13. The molecule has 21 heavy (non-hydrogen) atoms. The number of fused-ring (bicyclic) bond motifs is 1. The highest BCUT2D eigenvalue weighted by Gasteiger charge is 2.46. The van der Waals surface area contributed by atoms with E-state index < -0.39 is 0 Å². The van der Waals surface area contributed by atoms with Crippen LogP contribution < -0.4 is 10.1 Å². The van der Waals surface area contributed by atoms with Crippen LogP contribution in [0.2, 0.25) is 0 Å². The molecule has 112 valence electrons. The average Bonchev–Trinajstić information content (AvgIpc) is 3.04. The van der Waals surface area contributed by atoms with Crippen molar-refractivity contribution in [1.29, 1.82) is 0 Å². The molecule has 2 heterocycles. The SMILES string of the molecule is COCCNC1(c2nccs2)c2ccccc2OCC1C. The van der Waals surface area contributed by atoms with Gasteiger partial charge in [0, 0.05) is 36.7 Å². The average molecular weight is 304 g/mol. The summed E-state index contributed by atoms with van der Waals surface area (Å²) in [5.74, 6) is 1.23. The van der Waals surface area contributed by atoms with E-state index in [0.29, 0.717) is 13.2 Å². The molecule has 1 aliphatic heterocycles. The topological polar surface area (TPSA) is 43.4 Å². The lowest BCUT2D eigenvalue weighted by molar-refractivity contribution is 0.125. The lowest BCUT2D eigenvalue weighted by Gasteiger charge is -2.43. The number of thiazole rings is 1. The second-order valence-corrected chi connectivity index (χ2v) is 6.17. The molecule has 0 saturated carbocycles. The molecule has 1 aromatic heterocycles. The predicted molar refractivity (Wildman–Crippen MR) is 83.9 cm³/mol. The van der Waals surface area contributed by atoms with Gasteiger partial charge in [-0.15, -0.1) is 11.3 Å². The molecule has 1 aliphatic rings. The number of benzene rings is 1. The van der Waals surface area contributed by atoms with Crippen molar-refractivity contribution in [3.05, 3.63) is 46.4 Å². The molecular formula is C16H20N2O2S. The molecule has 0 bridgehead atoms. The van der Waals surface area contributed by atoms with Gasteiger partial charge in [-0.05, 0) is 6.07 Å². The molecule has 2 atom stereocenters. The quantitative estimate of drug-likeness (QED) is 0.863. The van der Waals surface area contributed by atoms with Crippen LogP contribution in [0, 0.1) is 5.92 Å². The van der Waals surface area contributed by atoms with Crippen LogP contribution in [0.15, 0.2) is 35.8 Å². The lowest BCUT2D eigenvalue weighted by atomic mass is 9.77. The highest BCUT2D eigenvalue weighted by Crippen LogP contribution is 2.45. The van der Waals surface area contributed by atoms with Gasteiger partial charge in [0.15, 0.2) is 0 Å². The Morgan fingerprint density at radius 2 is 2.33 bits per heavy atom. The molecule has 3 rings (SSSR count). The Morgan fingerprint density at radius 3 is 3.10 bits per heavy atom. The molecule has 0 radical (unpaired) electrons. The second-order valence-electron chi connectivity index (χ2n) is 5.27. The summed E-state index contributed by atoms with van der Waals surface area (Å²) in [7, 11) is 1.72. The molecule has 0 saturated heterocycles. The zero-order valence-electron chi connectivity index (χ0n) is 12.3. The van der Waals surface area contributed by atoms with Gasteiger partial charge in [0.1, 0.15) is 16.3 Å². The number of para-hydroxylation sites is 1. The van der Waals surface area contributed by atoms with Crippen LogP contribution in [0.5, 0.6) is 5.75 Å². The van der Waals surface area contributed by atoms with Crippen molar-refractivity contribution >= 4 is 11.3 Å². The van der Waals surface area contributed by atoms with Gasteiger partial charge in [0.25, 0.3) is 0 Å². The van der Waals surface area contributed by atoms with Gasteiger partial charge < -0.3 is 9.47 Å². The summed E-state index contributed by atoms with van der Waals surface area (Å²) in [4.78, 5) is 4.60. The Balaban J connectivity index is 2.09. The van der Waals surface area contributed by atoms with Crippen molar-refractivity contribution in [3.63, 3.8) is 0 Å². The van der Waals surface area contributed by atoms with Crippen molar-refractivity contribution < 1.29 is 9.47 Å². The summed E-state index contributed by atoms with van der Waals surface area (Å²) in [6, 6.07) is 8.23. The first-order chi connectivity index (χ1) is 10.3. The normalized spacial score (nSPS) is 24.4. The Morgan fingerprint density at radius 1 is 1.48 bits per heavy atom. The minimum atomic E-state index is -0.304. The molecule has 1 aromatic carbocycles. The summed E-state index contributed by atoms with van der Waals surface area (Å²) in [5, 5.41) is 6.80. The van der Waals surface area contributed by atoms with Crippen LogP contribution >= 0.6 is 11.3 Å². The fraction of sp³-hybridized carbons (Fsp3) is 0.438. The molecule has 4 nitrogen and oxygen atoms in total. The number of nitrogens with zero attached hydrogens (tertiary/aromatic N) is 1. The molecule has 0 aliphatic carbocycles. The number of hydrogen-bond donors (Lipinski definition) is 1. The van der Waals surface area contributed by atoms with E-state index in [2.05, 4.69) is 29.4 Å². The summed E-state index contributed by atoms with van der Waals surface area (Å²) in [5.41, 5.74) is 0.858. The lowest BCUT2D eigenvalue weighted by Crippen LogP contribution is -2.53. The maximum Gasteiger partial charge on any atom is 0.124 e. The van der Waals surface area contributed by atoms with Crippen molar-refractivity contribution in [1.82, 2.24) is 10.3 Å². The molecular weight excluding hydrogens is 284 g/mol.